The number of piperazine rings is 1. The molecule has 2 amide bonds. The molecule has 3 N–H and O–H groups in total. The highest BCUT2D eigenvalue weighted by molar-refractivity contribution is 5.86. The van der Waals surface area contributed by atoms with E-state index in [0.29, 0.717) is 6.54 Å². The maximum absolute atomic E-state index is 11.9. The summed E-state index contributed by atoms with van der Waals surface area (Å²) >= 11 is 0. The highest BCUT2D eigenvalue weighted by Crippen LogP contribution is 2.15. The molecule has 0 aliphatic carbocycles. The summed E-state index contributed by atoms with van der Waals surface area (Å²) in [5, 5.41) is 8.37. The quantitative estimate of drug-likeness (QED) is 0.698. The summed E-state index contributed by atoms with van der Waals surface area (Å²) < 4.78 is 5.45. The molecular formula is C12H17N3O3. The van der Waals surface area contributed by atoms with Crippen molar-refractivity contribution in [3.63, 3.8) is 0 Å². The normalized spacial score (nSPS) is 21.2. The first-order valence-electron chi connectivity index (χ1n) is 5.93. The zero-order chi connectivity index (χ0) is 13.1. The number of carbonyl (C=O) groups is 2. The van der Waals surface area contributed by atoms with Crippen LogP contribution in [0.3, 0.4) is 0 Å². The lowest BCUT2D eigenvalue weighted by Crippen LogP contribution is -2.58. The molecule has 2 rings (SSSR count). The van der Waals surface area contributed by atoms with Crippen LogP contribution >= 0.6 is 0 Å². The molecule has 0 bridgehead atoms. The minimum absolute atomic E-state index is 0.0891. The van der Waals surface area contributed by atoms with Gasteiger partial charge in [0.2, 0.25) is 11.8 Å². The van der Waals surface area contributed by atoms with Gasteiger partial charge in [0.15, 0.2) is 0 Å². The summed E-state index contributed by atoms with van der Waals surface area (Å²) in [7, 11) is 0. The smallest absolute Gasteiger partial charge is 0.239 e. The van der Waals surface area contributed by atoms with Gasteiger partial charge in [-0.1, -0.05) is 0 Å². The molecule has 1 aliphatic rings. The van der Waals surface area contributed by atoms with Gasteiger partial charge in [0, 0.05) is 6.54 Å². The molecular weight excluding hydrogens is 234 g/mol. The SMILES string of the molecule is Cc1ccc(C(C)NC(=O)C2CNC(=O)CN2)o1. The second-order valence-corrected chi connectivity index (χ2v) is 4.42. The molecule has 1 aliphatic heterocycles. The number of aryl methyl sites for hydroxylation is 1. The molecule has 2 unspecified atom stereocenters. The number of rotatable bonds is 3. The van der Waals surface area contributed by atoms with E-state index in [-0.39, 0.29) is 30.4 Å². The van der Waals surface area contributed by atoms with Gasteiger partial charge in [-0.25, -0.2) is 0 Å². The van der Waals surface area contributed by atoms with Gasteiger partial charge in [0.1, 0.15) is 17.6 Å². The molecule has 0 radical (unpaired) electrons. The Morgan fingerprint density at radius 2 is 2.33 bits per heavy atom. The van der Waals surface area contributed by atoms with E-state index in [0.717, 1.165) is 11.5 Å². The molecule has 1 fully saturated rings. The molecule has 1 aromatic heterocycles. The molecule has 6 nitrogen and oxygen atoms in total. The Kier molecular flexibility index (Phi) is 3.66. The van der Waals surface area contributed by atoms with Gasteiger partial charge in [-0.15, -0.1) is 0 Å². The Balaban J connectivity index is 1.89. The second kappa shape index (κ2) is 5.22. The van der Waals surface area contributed by atoms with Crippen molar-refractivity contribution in [2.75, 3.05) is 13.1 Å². The van der Waals surface area contributed by atoms with Crippen molar-refractivity contribution in [2.45, 2.75) is 25.9 Å². The van der Waals surface area contributed by atoms with Gasteiger partial charge in [-0.2, -0.15) is 0 Å². The predicted octanol–water partition coefficient (Wildman–Crippen LogP) is -0.147. The molecule has 6 heteroatoms. The van der Waals surface area contributed by atoms with E-state index in [1.807, 2.05) is 26.0 Å². The van der Waals surface area contributed by atoms with Crippen LogP contribution in [0.5, 0.6) is 0 Å². The Hall–Kier alpha value is -1.82. The van der Waals surface area contributed by atoms with Gasteiger partial charge in [0.25, 0.3) is 0 Å². The number of nitrogens with one attached hydrogen (secondary N) is 3. The number of furan rings is 1. The van der Waals surface area contributed by atoms with Crippen molar-refractivity contribution in [3.8, 4) is 0 Å². The molecule has 1 saturated heterocycles. The van der Waals surface area contributed by atoms with Crippen LogP contribution in [0.4, 0.5) is 0 Å². The number of hydrogen-bond donors (Lipinski definition) is 3. The fraction of sp³-hybridized carbons (Fsp3) is 0.500. The first-order valence-corrected chi connectivity index (χ1v) is 5.93. The Morgan fingerprint density at radius 3 is 2.89 bits per heavy atom. The van der Waals surface area contributed by atoms with E-state index in [9.17, 15) is 9.59 Å². The first-order chi connectivity index (χ1) is 8.56. The first kappa shape index (κ1) is 12.6. The summed E-state index contributed by atoms with van der Waals surface area (Å²) in [5.74, 6) is 1.31. The Bertz CT molecular complexity index is 445. The summed E-state index contributed by atoms with van der Waals surface area (Å²) in [6, 6.07) is 3.12. The minimum Gasteiger partial charge on any atom is -0.464 e. The fourth-order valence-electron chi connectivity index (χ4n) is 1.82. The average molecular weight is 251 g/mol. The molecule has 98 valence electrons. The van der Waals surface area contributed by atoms with E-state index in [1.165, 1.54) is 0 Å². The topological polar surface area (TPSA) is 83.4 Å². The van der Waals surface area contributed by atoms with Crippen molar-refractivity contribution in [2.24, 2.45) is 0 Å². The molecule has 2 heterocycles. The van der Waals surface area contributed by atoms with E-state index in [1.54, 1.807) is 0 Å². The van der Waals surface area contributed by atoms with Gasteiger partial charge in [-0.05, 0) is 26.0 Å². The molecule has 2 atom stereocenters. The number of carbonyl (C=O) groups excluding carboxylic acids is 2. The molecule has 0 aromatic carbocycles. The summed E-state index contributed by atoms with van der Waals surface area (Å²) in [4.78, 5) is 22.9. The lowest BCUT2D eigenvalue weighted by atomic mass is 10.2. The van der Waals surface area contributed by atoms with Crippen LogP contribution in [0.2, 0.25) is 0 Å². The van der Waals surface area contributed by atoms with Crippen LogP contribution in [0.25, 0.3) is 0 Å². The molecule has 18 heavy (non-hydrogen) atoms. The highest BCUT2D eigenvalue weighted by atomic mass is 16.3. The molecule has 1 aromatic rings. The molecule has 0 saturated carbocycles. The zero-order valence-electron chi connectivity index (χ0n) is 10.4. The van der Waals surface area contributed by atoms with E-state index in [2.05, 4.69) is 16.0 Å². The summed E-state index contributed by atoms with van der Waals surface area (Å²) in [6.07, 6.45) is 0. The Morgan fingerprint density at radius 1 is 1.56 bits per heavy atom. The van der Waals surface area contributed by atoms with Crippen molar-refractivity contribution in [1.29, 1.82) is 0 Å². The van der Waals surface area contributed by atoms with Crippen molar-refractivity contribution >= 4 is 11.8 Å². The van der Waals surface area contributed by atoms with Crippen LogP contribution in [0, 0.1) is 6.92 Å². The minimum atomic E-state index is -0.388. The third-order valence-electron chi connectivity index (χ3n) is 2.88. The maximum atomic E-state index is 11.9. The lowest BCUT2D eigenvalue weighted by molar-refractivity contribution is -0.127. The molecule has 0 spiro atoms. The number of hydrogen-bond acceptors (Lipinski definition) is 4. The van der Waals surface area contributed by atoms with Gasteiger partial charge >= 0.3 is 0 Å². The van der Waals surface area contributed by atoms with E-state index >= 15 is 0 Å². The van der Waals surface area contributed by atoms with Crippen molar-refractivity contribution < 1.29 is 14.0 Å². The van der Waals surface area contributed by atoms with Crippen LogP contribution in [-0.2, 0) is 9.59 Å². The van der Waals surface area contributed by atoms with Crippen LogP contribution in [-0.4, -0.2) is 30.9 Å². The fourth-order valence-corrected chi connectivity index (χ4v) is 1.82. The van der Waals surface area contributed by atoms with Crippen molar-refractivity contribution in [3.05, 3.63) is 23.7 Å². The zero-order valence-corrected chi connectivity index (χ0v) is 10.4. The third kappa shape index (κ3) is 2.89. The second-order valence-electron chi connectivity index (χ2n) is 4.42. The lowest BCUT2D eigenvalue weighted by Gasteiger charge is -2.24. The van der Waals surface area contributed by atoms with Crippen LogP contribution in [0.1, 0.15) is 24.5 Å². The largest absolute Gasteiger partial charge is 0.464 e. The third-order valence-corrected chi connectivity index (χ3v) is 2.88. The maximum Gasteiger partial charge on any atom is 0.239 e. The van der Waals surface area contributed by atoms with E-state index < -0.39 is 0 Å². The summed E-state index contributed by atoms with van der Waals surface area (Å²) in [6.45, 7) is 4.20. The van der Waals surface area contributed by atoms with E-state index in [4.69, 9.17) is 4.42 Å². The number of amides is 2. The summed E-state index contributed by atoms with van der Waals surface area (Å²) in [5.41, 5.74) is 0. The van der Waals surface area contributed by atoms with Crippen LogP contribution in [0.15, 0.2) is 16.5 Å². The van der Waals surface area contributed by atoms with Crippen LogP contribution < -0.4 is 16.0 Å². The van der Waals surface area contributed by atoms with Gasteiger partial charge < -0.3 is 15.1 Å². The van der Waals surface area contributed by atoms with Crippen molar-refractivity contribution in [1.82, 2.24) is 16.0 Å². The highest BCUT2D eigenvalue weighted by Gasteiger charge is 2.25. The Labute approximate surface area is 105 Å². The predicted molar refractivity (Wildman–Crippen MR) is 64.8 cm³/mol. The monoisotopic (exact) mass is 251 g/mol. The standard InChI is InChI=1S/C12H17N3O3/c1-7-3-4-10(18-7)8(2)15-12(17)9-5-14-11(16)6-13-9/h3-4,8-9,13H,5-6H2,1-2H3,(H,14,16)(H,15,17). The van der Waals surface area contributed by atoms with Gasteiger partial charge in [0.05, 0.1) is 12.6 Å². The average Bonchev–Trinajstić information content (AvgIpc) is 2.76. The van der Waals surface area contributed by atoms with Gasteiger partial charge in [-0.3, -0.25) is 14.9 Å².